The van der Waals surface area contributed by atoms with Gasteiger partial charge in [0.15, 0.2) is 0 Å². The highest BCUT2D eigenvalue weighted by Gasteiger charge is 1.89. The number of rotatable bonds is 2. The van der Waals surface area contributed by atoms with Crippen LogP contribution in [0.4, 0.5) is 4.39 Å². The Hall–Kier alpha value is -0.920. The summed E-state index contributed by atoms with van der Waals surface area (Å²) >= 11 is 0. The summed E-state index contributed by atoms with van der Waals surface area (Å²) in [6.07, 6.45) is 1.03. The van der Waals surface area contributed by atoms with Gasteiger partial charge in [-0.05, 0) is 19.2 Å². The monoisotopic (exact) mass is 143 g/mol. The number of hydrogen-bond donors (Lipinski definition) is 0. The lowest BCUT2D eigenvalue weighted by molar-refractivity contribution is 0.649. The first-order valence-corrected chi connectivity index (χ1v) is 3.16. The zero-order valence-electron chi connectivity index (χ0n) is 6.82. The fraction of sp³-hybridized carbons (Fsp3) is 0.375. The Bertz CT molecular complexity index is 136. The van der Waals surface area contributed by atoms with Crippen LogP contribution in [0.3, 0.4) is 0 Å². The first-order chi connectivity index (χ1) is 4.68. The first kappa shape index (κ1) is 11.8. The second-order valence-corrected chi connectivity index (χ2v) is 1.44. The van der Waals surface area contributed by atoms with Crippen molar-refractivity contribution in [3.05, 3.63) is 24.2 Å². The maximum atomic E-state index is 12.2. The Morgan fingerprint density at radius 3 is 2.00 bits per heavy atom. The molecule has 0 saturated carbocycles. The van der Waals surface area contributed by atoms with Crippen LogP contribution in [0.25, 0.3) is 0 Å². The molecule has 0 aliphatic rings. The van der Waals surface area contributed by atoms with E-state index in [1.165, 1.54) is 0 Å². The van der Waals surface area contributed by atoms with Gasteiger partial charge in [0.1, 0.15) is 5.83 Å². The number of aliphatic imine (C=N–C) groups is 1. The summed E-state index contributed by atoms with van der Waals surface area (Å²) in [5.74, 6) is -0.417. The van der Waals surface area contributed by atoms with Crippen LogP contribution >= 0.6 is 0 Å². The number of nitrogens with zero attached hydrogens (tertiary/aromatic N) is 1. The summed E-state index contributed by atoms with van der Waals surface area (Å²) in [7, 11) is 0. The van der Waals surface area contributed by atoms with Crippen molar-refractivity contribution in [1.29, 1.82) is 0 Å². The Morgan fingerprint density at radius 2 is 1.90 bits per heavy atom. The lowest BCUT2D eigenvalue weighted by atomic mass is 10.3. The van der Waals surface area contributed by atoms with Gasteiger partial charge in [-0.15, -0.1) is 0 Å². The van der Waals surface area contributed by atoms with E-state index in [0.717, 1.165) is 6.20 Å². The predicted molar refractivity (Wildman–Crippen MR) is 44.9 cm³/mol. The van der Waals surface area contributed by atoms with E-state index >= 15 is 0 Å². The molecule has 10 heavy (non-hydrogen) atoms. The van der Waals surface area contributed by atoms with Crippen LogP contribution in [0.15, 0.2) is 29.2 Å². The van der Waals surface area contributed by atoms with Crippen LogP contribution in [0.5, 0.6) is 0 Å². The smallest absolute Gasteiger partial charge is 0.143 e. The molecule has 0 bridgehead atoms. The van der Waals surface area contributed by atoms with Gasteiger partial charge in [0.05, 0.1) is 6.20 Å². The van der Waals surface area contributed by atoms with Crippen molar-refractivity contribution in [1.82, 2.24) is 0 Å². The Balaban J connectivity index is 0. The molecule has 0 spiro atoms. The van der Waals surface area contributed by atoms with Crippen molar-refractivity contribution in [3.63, 3.8) is 0 Å². The zero-order chi connectivity index (χ0) is 8.57. The van der Waals surface area contributed by atoms with Crippen molar-refractivity contribution in [2.75, 3.05) is 0 Å². The summed E-state index contributed by atoms with van der Waals surface area (Å²) < 4.78 is 12.2. The first-order valence-electron chi connectivity index (χ1n) is 3.16. The molecule has 0 aromatic rings. The van der Waals surface area contributed by atoms with E-state index in [2.05, 4.69) is 18.3 Å². The van der Waals surface area contributed by atoms with Crippen LogP contribution in [0.1, 0.15) is 20.8 Å². The molecule has 0 fully saturated rings. The standard InChI is InChI=1S/C6H8FN.C2H6/c1-5(2)6(7)4-8-3;1-2/h4H,1,3H2,2H3;1-2H3/b6-4+;. The normalized spacial score (nSPS) is 9.40. The topological polar surface area (TPSA) is 12.4 Å². The average molecular weight is 143 g/mol. The third kappa shape index (κ3) is 7.08. The van der Waals surface area contributed by atoms with Crippen molar-refractivity contribution < 1.29 is 4.39 Å². The molecule has 2 heteroatoms. The van der Waals surface area contributed by atoms with E-state index in [4.69, 9.17) is 0 Å². The van der Waals surface area contributed by atoms with Gasteiger partial charge in [-0.2, -0.15) is 0 Å². The highest BCUT2D eigenvalue weighted by molar-refractivity contribution is 5.28. The van der Waals surface area contributed by atoms with Crippen molar-refractivity contribution in [2.24, 2.45) is 4.99 Å². The molecule has 0 heterocycles. The number of allylic oxidation sites excluding steroid dienone is 2. The van der Waals surface area contributed by atoms with E-state index in [-0.39, 0.29) is 0 Å². The molecular weight excluding hydrogens is 129 g/mol. The molecular formula is C8H14FN. The van der Waals surface area contributed by atoms with Gasteiger partial charge in [-0.25, -0.2) is 4.39 Å². The molecule has 0 radical (unpaired) electrons. The molecule has 58 valence electrons. The molecule has 0 rings (SSSR count). The van der Waals surface area contributed by atoms with E-state index in [1.54, 1.807) is 6.92 Å². The van der Waals surface area contributed by atoms with Crippen LogP contribution < -0.4 is 0 Å². The third-order valence-corrected chi connectivity index (χ3v) is 0.612. The molecule has 0 aliphatic heterocycles. The summed E-state index contributed by atoms with van der Waals surface area (Å²) in [4.78, 5) is 3.21. The lowest BCUT2D eigenvalue weighted by Crippen LogP contribution is -1.70. The molecule has 0 saturated heterocycles. The fourth-order valence-electron chi connectivity index (χ4n) is 0.190. The number of halogens is 1. The molecule has 0 aromatic heterocycles. The van der Waals surface area contributed by atoms with Crippen LogP contribution in [0, 0.1) is 0 Å². The van der Waals surface area contributed by atoms with Crippen LogP contribution in [-0.2, 0) is 0 Å². The molecule has 0 atom stereocenters. The van der Waals surface area contributed by atoms with Gasteiger partial charge in [-0.3, -0.25) is 4.99 Å². The Morgan fingerprint density at radius 1 is 1.50 bits per heavy atom. The van der Waals surface area contributed by atoms with Crippen molar-refractivity contribution in [2.45, 2.75) is 20.8 Å². The van der Waals surface area contributed by atoms with Gasteiger partial charge < -0.3 is 0 Å². The molecule has 0 aromatic carbocycles. The SMILES string of the molecule is C=N/C=C(/F)C(=C)C.CC. The lowest BCUT2D eigenvalue weighted by Gasteiger charge is -1.87. The highest BCUT2D eigenvalue weighted by Crippen LogP contribution is 2.06. The summed E-state index contributed by atoms with van der Waals surface area (Å²) in [5.41, 5.74) is 0.373. The minimum absolute atomic E-state index is 0.373. The molecule has 0 amide bonds. The second kappa shape index (κ2) is 8.08. The zero-order valence-corrected chi connectivity index (χ0v) is 6.82. The predicted octanol–water partition coefficient (Wildman–Crippen LogP) is 3.10. The molecule has 1 nitrogen and oxygen atoms in total. The maximum absolute atomic E-state index is 12.2. The van der Waals surface area contributed by atoms with E-state index < -0.39 is 5.83 Å². The van der Waals surface area contributed by atoms with E-state index in [1.807, 2.05) is 13.8 Å². The van der Waals surface area contributed by atoms with Crippen molar-refractivity contribution >= 4 is 6.72 Å². The second-order valence-electron chi connectivity index (χ2n) is 1.44. The Kier molecular flexibility index (Phi) is 9.56. The molecule has 0 aliphatic carbocycles. The van der Waals surface area contributed by atoms with E-state index in [0.29, 0.717) is 5.57 Å². The van der Waals surface area contributed by atoms with Gasteiger partial charge in [-0.1, -0.05) is 20.4 Å². The minimum atomic E-state index is -0.417. The molecule has 0 N–H and O–H groups in total. The van der Waals surface area contributed by atoms with Crippen LogP contribution in [-0.4, -0.2) is 6.72 Å². The number of hydrogen-bond acceptors (Lipinski definition) is 1. The van der Waals surface area contributed by atoms with Gasteiger partial charge in [0.2, 0.25) is 0 Å². The van der Waals surface area contributed by atoms with Gasteiger partial charge in [0, 0.05) is 0 Å². The summed E-state index contributed by atoms with van der Waals surface area (Å²) in [5, 5.41) is 0. The highest BCUT2D eigenvalue weighted by atomic mass is 19.1. The minimum Gasteiger partial charge on any atom is -0.269 e. The van der Waals surface area contributed by atoms with E-state index in [9.17, 15) is 4.39 Å². The van der Waals surface area contributed by atoms with Gasteiger partial charge >= 0.3 is 0 Å². The molecule has 0 unspecified atom stereocenters. The third-order valence-electron chi connectivity index (χ3n) is 0.612. The average Bonchev–Trinajstić information content (AvgIpc) is 1.93. The van der Waals surface area contributed by atoms with Gasteiger partial charge in [0.25, 0.3) is 0 Å². The fourth-order valence-corrected chi connectivity index (χ4v) is 0.190. The summed E-state index contributed by atoms with van der Waals surface area (Å²) in [6.45, 7) is 12.0. The maximum Gasteiger partial charge on any atom is 0.143 e. The van der Waals surface area contributed by atoms with Crippen LogP contribution in [0.2, 0.25) is 0 Å². The Labute approximate surface area is 62.0 Å². The largest absolute Gasteiger partial charge is 0.269 e. The quantitative estimate of drug-likeness (QED) is 0.416. The summed E-state index contributed by atoms with van der Waals surface area (Å²) in [6, 6.07) is 0. The van der Waals surface area contributed by atoms with Crippen molar-refractivity contribution in [3.8, 4) is 0 Å².